The Hall–Kier alpha value is -2.02. The fourth-order valence-electron chi connectivity index (χ4n) is 1.91. The number of anilines is 1. The van der Waals surface area contributed by atoms with Crippen LogP contribution in [0.25, 0.3) is 11.1 Å². The van der Waals surface area contributed by atoms with Crippen molar-refractivity contribution in [2.24, 2.45) is 0 Å². The average molecular weight is 421 g/mol. The molecule has 0 aliphatic heterocycles. The van der Waals surface area contributed by atoms with Crippen LogP contribution in [0.4, 0.5) is 5.69 Å². The van der Waals surface area contributed by atoms with Gasteiger partial charge in [0.15, 0.2) is 5.01 Å². The molecular formula is C17H11BrClN3OS. The fraction of sp³-hybridized carbons (Fsp3) is 0. The molecule has 0 aliphatic carbocycles. The number of nitrogens with one attached hydrogen (secondary N) is 1. The highest BCUT2D eigenvalue weighted by molar-refractivity contribution is 9.10. The number of carbonyl (C=O) groups excluding carboxylic acids is 1. The topological polar surface area (TPSA) is 54.9 Å². The third kappa shape index (κ3) is 4.08. The summed E-state index contributed by atoms with van der Waals surface area (Å²) in [5.74, 6) is -0.310. The summed E-state index contributed by atoms with van der Waals surface area (Å²) in [6.07, 6.45) is 1.78. The number of rotatable bonds is 4. The molecule has 1 N–H and O–H groups in total. The highest BCUT2D eigenvalue weighted by Gasteiger charge is 2.15. The normalized spacial score (nSPS) is 11.3. The lowest BCUT2D eigenvalue weighted by Gasteiger charge is -2.00. The molecule has 3 aromatic rings. The second kappa shape index (κ2) is 7.70. The summed E-state index contributed by atoms with van der Waals surface area (Å²) in [5.41, 5.74) is 1.63. The Balaban J connectivity index is 1.78. The zero-order valence-electron chi connectivity index (χ0n) is 12.2. The summed E-state index contributed by atoms with van der Waals surface area (Å²) in [7, 11) is 0. The van der Waals surface area contributed by atoms with Crippen LogP contribution in [-0.2, 0) is 0 Å². The van der Waals surface area contributed by atoms with Crippen LogP contribution in [0.3, 0.4) is 0 Å². The molecule has 0 bridgehead atoms. The fourth-order valence-corrected chi connectivity index (χ4v) is 3.22. The number of hydrogen-bond acceptors (Lipinski definition) is 4. The first-order chi connectivity index (χ1) is 11.6. The largest absolute Gasteiger partial charge is 0.320 e. The first-order valence-electron chi connectivity index (χ1n) is 6.95. The van der Waals surface area contributed by atoms with Crippen molar-refractivity contribution < 1.29 is 4.79 Å². The molecular weight excluding hydrogens is 410 g/mol. The highest BCUT2D eigenvalue weighted by Crippen LogP contribution is 2.28. The van der Waals surface area contributed by atoms with Crippen LogP contribution in [0.2, 0.25) is 0 Å². The summed E-state index contributed by atoms with van der Waals surface area (Å²) in [6, 6.07) is 16.9. The van der Waals surface area contributed by atoms with E-state index in [1.54, 1.807) is 18.2 Å². The summed E-state index contributed by atoms with van der Waals surface area (Å²) in [4.78, 5) is 12.2. The van der Waals surface area contributed by atoms with Crippen LogP contribution >= 0.6 is 38.9 Å². The molecule has 0 atom stereocenters. The van der Waals surface area contributed by atoms with E-state index in [1.165, 1.54) is 0 Å². The lowest BCUT2D eigenvalue weighted by atomic mass is 10.2. The first kappa shape index (κ1) is 16.8. The Morgan fingerprint density at radius 2 is 1.71 bits per heavy atom. The third-order valence-electron chi connectivity index (χ3n) is 3.04. The van der Waals surface area contributed by atoms with E-state index in [9.17, 15) is 4.79 Å². The molecule has 0 unspecified atom stereocenters. The Morgan fingerprint density at radius 1 is 1.04 bits per heavy atom. The SMILES string of the molecule is O=C(Nc1ccccc1)c1nnc(/C(Cl)=C/c2ccccc2Br)s1. The van der Waals surface area contributed by atoms with E-state index in [-0.39, 0.29) is 10.9 Å². The van der Waals surface area contributed by atoms with Gasteiger partial charge in [0.25, 0.3) is 5.91 Å². The Kier molecular flexibility index (Phi) is 5.40. The van der Waals surface area contributed by atoms with Crippen molar-refractivity contribution in [2.75, 3.05) is 5.32 Å². The van der Waals surface area contributed by atoms with Crippen molar-refractivity contribution in [2.45, 2.75) is 0 Å². The predicted molar refractivity (Wildman–Crippen MR) is 102 cm³/mol. The molecule has 0 saturated carbocycles. The van der Waals surface area contributed by atoms with Crippen molar-refractivity contribution in [3.05, 3.63) is 74.6 Å². The predicted octanol–water partition coefficient (Wildman–Crippen LogP) is 5.29. The van der Waals surface area contributed by atoms with Crippen LogP contribution in [-0.4, -0.2) is 16.1 Å². The van der Waals surface area contributed by atoms with Crippen LogP contribution in [0.5, 0.6) is 0 Å². The summed E-state index contributed by atoms with van der Waals surface area (Å²) in [5, 5.41) is 11.9. The molecule has 1 heterocycles. The Morgan fingerprint density at radius 3 is 2.46 bits per heavy atom. The molecule has 0 saturated heterocycles. The smallest absolute Gasteiger partial charge is 0.286 e. The standard InChI is InChI=1S/C17H11BrClN3OS/c18-13-9-5-4-6-11(13)10-14(19)16-21-22-17(24-16)15(23)20-12-7-2-1-3-8-12/h1-10H,(H,20,23)/b14-10-. The minimum absolute atomic E-state index is 0.257. The average Bonchev–Trinajstić information content (AvgIpc) is 3.08. The lowest BCUT2D eigenvalue weighted by molar-refractivity contribution is 0.102. The zero-order valence-corrected chi connectivity index (χ0v) is 15.4. The number of para-hydroxylation sites is 1. The van der Waals surface area contributed by atoms with Gasteiger partial charge < -0.3 is 5.32 Å². The van der Waals surface area contributed by atoms with Gasteiger partial charge in [0, 0.05) is 10.2 Å². The molecule has 1 amide bonds. The van der Waals surface area contributed by atoms with E-state index >= 15 is 0 Å². The van der Waals surface area contributed by atoms with Crippen molar-refractivity contribution in [1.82, 2.24) is 10.2 Å². The van der Waals surface area contributed by atoms with Crippen molar-refractivity contribution in [1.29, 1.82) is 0 Å². The second-order valence-corrected chi connectivity index (χ2v) is 6.99. The number of halogens is 2. The van der Waals surface area contributed by atoms with E-state index < -0.39 is 0 Å². The Bertz CT molecular complexity index is 896. The van der Waals surface area contributed by atoms with Gasteiger partial charge in [-0.3, -0.25) is 4.79 Å². The molecule has 120 valence electrons. The first-order valence-corrected chi connectivity index (χ1v) is 8.94. The molecule has 1 aromatic heterocycles. The second-order valence-electron chi connectivity index (χ2n) is 4.75. The molecule has 24 heavy (non-hydrogen) atoms. The van der Waals surface area contributed by atoms with Gasteiger partial charge in [-0.1, -0.05) is 75.3 Å². The quantitative estimate of drug-likeness (QED) is 0.624. The van der Waals surface area contributed by atoms with E-state index in [0.717, 1.165) is 21.4 Å². The summed E-state index contributed by atoms with van der Waals surface area (Å²) in [6.45, 7) is 0. The van der Waals surface area contributed by atoms with Crippen LogP contribution in [0.15, 0.2) is 59.1 Å². The maximum absolute atomic E-state index is 12.2. The third-order valence-corrected chi connectivity index (χ3v) is 5.12. The summed E-state index contributed by atoms with van der Waals surface area (Å²) < 4.78 is 0.926. The number of benzene rings is 2. The molecule has 0 radical (unpaired) electrons. The van der Waals surface area contributed by atoms with Gasteiger partial charge in [-0.15, -0.1) is 10.2 Å². The van der Waals surface area contributed by atoms with Gasteiger partial charge in [0.1, 0.15) is 0 Å². The minimum Gasteiger partial charge on any atom is -0.320 e. The maximum atomic E-state index is 12.2. The van der Waals surface area contributed by atoms with Crippen LogP contribution in [0, 0.1) is 0 Å². The lowest BCUT2D eigenvalue weighted by Crippen LogP contribution is -2.11. The zero-order chi connectivity index (χ0) is 16.9. The maximum Gasteiger partial charge on any atom is 0.286 e. The van der Waals surface area contributed by atoms with Crippen molar-refractivity contribution >= 4 is 61.6 Å². The molecule has 0 aliphatic rings. The summed E-state index contributed by atoms with van der Waals surface area (Å²) >= 11 is 10.9. The molecule has 0 fully saturated rings. The van der Waals surface area contributed by atoms with Crippen LogP contribution < -0.4 is 5.32 Å². The van der Waals surface area contributed by atoms with E-state index in [0.29, 0.717) is 15.7 Å². The Labute approximate surface area is 156 Å². The molecule has 2 aromatic carbocycles. The van der Waals surface area contributed by atoms with E-state index in [4.69, 9.17) is 11.6 Å². The highest BCUT2D eigenvalue weighted by atomic mass is 79.9. The molecule has 3 rings (SSSR count). The van der Waals surface area contributed by atoms with Crippen LogP contribution in [0.1, 0.15) is 20.4 Å². The molecule has 0 spiro atoms. The molecule has 7 heteroatoms. The van der Waals surface area contributed by atoms with E-state index in [2.05, 4.69) is 31.4 Å². The van der Waals surface area contributed by atoms with Gasteiger partial charge in [0.2, 0.25) is 5.01 Å². The van der Waals surface area contributed by atoms with Gasteiger partial charge in [-0.05, 0) is 29.8 Å². The molecule has 4 nitrogen and oxygen atoms in total. The van der Waals surface area contributed by atoms with E-state index in [1.807, 2.05) is 42.5 Å². The number of amides is 1. The number of hydrogen-bond donors (Lipinski definition) is 1. The van der Waals surface area contributed by atoms with Gasteiger partial charge in [-0.25, -0.2) is 0 Å². The van der Waals surface area contributed by atoms with Crippen molar-refractivity contribution in [3.63, 3.8) is 0 Å². The number of nitrogens with zero attached hydrogens (tertiary/aromatic N) is 2. The number of aromatic nitrogens is 2. The van der Waals surface area contributed by atoms with Gasteiger partial charge >= 0.3 is 0 Å². The minimum atomic E-state index is -0.310. The van der Waals surface area contributed by atoms with Crippen molar-refractivity contribution in [3.8, 4) is 0 Å². The monoisotopic (exact) mass is 419 g/mol. The van der Waals surface area contributed by atoms with Gasteiger partial charge in [0.05, 0.1) is 5.03 Å². The number of carbonyl (C=O) groups is 1. The van der Waals surface area contributed by atoms with Gasteiger partial charge in [-0.2, -0.15) is 0 Å².